The molecule has 2 aromatic carbocycles. The zero-order valence-electron chi connectivity index (χ0n) is 16.3. The summed E-state index contributed by atoms with van der Waals surface area (Å²) in [6.07, 6.45) is 2.76. The van der Waals surface area contributed by atoms with Gasteiger partial charge in [-0.1, -0.05) is 47.5 Å². The van der Waals surface area contributed by atoms with Crippen molar-refractivity contribution in [3.8, 4) is 0 Å². The summed E-state index contributed by atoms with van der Waals surface area (Å²) in [4.78, 5) is 27.1. The van der Waals surface area contributed by atoms with Gasteiger partial charge < -0.3 is 15.0 Å². The van der Waals surface area contributed by atoms with Crippen LogP contribution in [0.3, 0.4) is 0 Å². The predicted octanol–water partition coefficient (Wildman–Crippen LogP) is 5.70. The minimum absolute atomic E-state index is 0.0378. The monoisotopic (exact) mass is 558 g/mol. The molecular formula is C22H21Cl2IN2O3. The Morgan fingerprint density at radius 1 is 1.30 bits per heavy atom. The third-order valence-corrected chi connectivity index (χ3v) is 6.68. The summed E-state index contributed by atoms with van der Waals surface area (Å²) < 4.78 is 5.97. The van der Waals surface area contributed by atoms with Gasteiger partial charge in [-0.05, 0) is 66.6 Å². The number of nitrogens with one attached hydrogen (secondary N) is 1. The summed E-state index contributed by atoms with van der Waals surface area (Å²) in [7, 11) is 0. The molecule has 158 valence electrons. The van der Waals surface area contributed by atoms with Gasteiger partial charge >= 0.3 is 5.97 Å². The highest BCUT2D eigenvalue weighted by molar-refractivity contribution is 14.1. The van der Waals surface area contributed by atoms with Crippen LogP contribution in [0.25, 0.3) is 0 Å². The van der Waals surface area contributed by atoms with Crippen LogP contribution >= 0.6 is 45.8 Å². The van der Waals surface area contributed by atoms with Crippen molar-refractivity contribution in [2.24, 2.45) is 0 Å². The molecule has 2 aromatic rings. The molecule has 1 atom stereocenters. The second kappa shape index (κ2) is 10.5. The molecule has 0 aromatic heterocycles. The molecule has 1 saturated heterocycles. The zero-order chi connectivity index (χ0) is 21.7. The lowest BCUT2D eigenvalue weighted by Gasteiger charge is -2.19. The van der Waals surface area contributed by atoms with Crippen molar-refractivity contribution < 1.29 is 14.3 Å². The van der Waals surface area contributed by atoms with E-state index in [0.717, 1.165) is 9.26 Å². The van der Waals surface area contributed by atoms with E-state index in [4.69, 9.17) is 27.9 Å². The lowest BCUT2D eigenvalue weighted by atomic mass is 10.1. The van der Waals surface area contributed by atoms with Crippen LogP contribution < -0.4 is 10.2 Å². The molecular weight excluding hydrogens is 538 g/mol. The molecule has 1 amide bonds. The van der Waals surface area contributed by atoms with E-state index in [9.17, 15) is 9.59 Å². The topological polar surface area (TPSA) is 58.6 Å². The van der Waals surface area contributed by atoms with Gasteiger partial charge in [0.05, 0.1) is 20.9 Å². The summed E-state index contributed by atoms with van der Waals surface area (Å²) in [6, 6.07) is 12.2. The molecule has 1 fully saturated rings. The van der Waals surface area contributed by atoms with Crippen molar-refractivity contribution in [1.29, 1.82) is 0 Å². The van der Waals surface area contributed by atoms with Crippen LogP contribution in [0.1, 0.15) is 19.8 Å². The third kappa shape index (κ3) is 5.47. The van der Waals surface area contributed by atoms with Gasteiger partial charge in [-0.15, -0.1) is 0 Å². The van der Waals surface area contributed by atoms with Crippen molar-refractivity contribution in [3.05, 3.63) is 67.7 Å². The first-order valence-electron chi connectivity index (χ1n) is 9.54. The van der Waals surface area contributed by atoms with Gasteiger partial charge in [0, 0.05) is 22.8 Å². The summed E-state index contributed by atoms with van der Waals surface area (Å²) in [5, 5.41) is 4.14. The molecule has 0 saturated carbocycles. The number of carbonyl (C=O) groups is 2. The molecule has 5 nitrogen and oxygen atoms in total. The number of esters is 1. The first kappa shape index (κ1) is 22.9. The first-order valence-corrected chi connectivity index (χ1v) is 11.4. The van der Waals surface area contributed by atoms with Crippen molar-refractivity contribution >= 4 is 69.0 Å². The van der Waals surface area contributed by atoms with Crippen molar-refractivity contribution in [3.63, 3.8) is 0 Å². The van der Waals surface area contributed by atoms with Crippen LogP contribution in [-0.2, 0) is 14.3 Å². The van der Waals surface area contributed by atoms with Crippen LogP contribution in [0, 0.1) is 3.57 Å². The quantitative estimate of drug-likeness (QED) is 0.205. The predicted molar refractivity (Wildman–Crippen MR) is 129 cm³/mol. The van der Waals surface area contributed by atoms with Crippen LogP contribution in [0.5, 0.6) is 0 Å². The van der Waals surface area contributed by atoms with Crippen LogP contribution in [-0.4, -0.2) is 31.1 Å². The largest absolute Gasteiger partial charge is 0.464 e. The molecule has 30 heavy (non-hydrogen) atoms. The second-order valence-electron chi connectivity index (χ2n) is 6.71. The van der Waals surface area contributed by atoms with E-state index in [0.29, 0.717) is 40.7 Å². The number of halogens is 3. The van der Waals surface area contributed by atoms with E-state index in [2.05, 4.69) is 27.9 Å². The number of amides is 1. The summed E-state index contributed by atoms with van der Waals surface area (Å²) in [5.41, 5.74) is 2.20. The molecule has 0 spiro atoms. The summed E-state index contributed by atoms with van der Waals surface area (Å²) >= 11 is 14.4. The highest BCUT2D eigenvalue weighted by Gasteiger charge is 2.28. The van der Waals surface area contributed by atoms with Crippen molar-refractivity contribution in [2.75, 3.05) is 23.4 Å². The standard InChI is InChI=1S/C22H21Cl2IN2O3/c1-2-30-22(29)18(26-19-13-15(23)12-17(24)20(19)25)9-8-14-10-11-27(21(14)28)16-6-4-3-5-7-16/h3-8,12-13,18,26H,2,9-11H2,1H3/b14-8-. The SMILES string of the molecule is CCOC(=O)C(C/C=C1/CCN(c2ccccc2)C1=O)Nc1cc(Cl)cc(Cl)c1I. The van der Waals surface area contributed by atoms with Gasteiger partial charge in [0.1, 0.15) is 6.04 Å². The molecule has 8 heteroatoms. The van der Waals surface area contributed by atoms with Gasteiger partial charge in [0.25, 0.3) is 5.91 Å². The maximum absolute atomic E-state index is 12.8. The molecule has 0 aliphatic carbocycles. The number of carbonyl (C=O) groups excluding carboxylic acids is 2. The zero-order valence-corrected chi connectivity index (χ0v) is 20.0. The molecule has 1 unspecified atom stereocenters. The Morgan fingerprint density at radius 3 is 2.73 bits per heavy atom. The fourth-order valence-electron chi connectivity index (χ4n) is 3.22. The Labute approximate surface area is 199 Å². The number of hydrogen-bond donors (Lipinski definition) is 1. The Balaban J connectivity index is 1.78. The smallest absolute Gasteiger partial charge is 0.328 e. The Morgan fingerprint density at radius 2 is 2.03 bits per heavy atom. The third-order valence-electron chi connectivity index (χ3n) is 4.69. The van der Waals surface area contributed by atoms with Gasteiger partial charge in [0.2, 0.25) is 0 Å². The molecule has 0 radical (unpaired) electrons. The lowest BCUT2D eigenvalue weighted by Crippen LogP contribution is -2.31. The van der Waals surface area contributed by atoms with E-state index in [1.54, 1.807) is 24.0 Å². The summed E-state index contributed by atoms with van der Waals surface area (Å²) in [6.45, 7) is 2.64. The van der Waals surface area contributed by atoms with Crippen LogP contribution in [0.4, 0.5) is 11.4 Å². The Hall–Kier alpha value is -1.77. The van der Waals surface area contributed by atoms with E-state index in [-0.39, 0.29) is 12.5 Å². The average molecular weight is 559 g/mol. The number of ether oxygens (including phenoxy) is 1. The molecule has 0 bridgehead atoms. The lowest BCUT2D eigenvalue weighted by molar-refractivity contribution is -0.144. The highest BCUT2D eigenvalue weighted by Crippen LogP contribution is 2.31. The highest BCUT2D eigenvalue weighted by atomic mass is 127. The number of hydrogen-bond acceptors (Lipinski definition) is 4. The molecule has 1 aliphatic heterocycles. The molecule has 1 heterocycles. The fraction of sp³-hybridized carbons (Fsp3) is 0.273. The summed E-state index contributed by atoms with van der Waals surface area (Å²) in [5.74, 6) is -0.434. The van der Waals surface area contributed by atoms with Crippen molar-refractivity contribution in [2.45, 2.75) is 25.8 Å². The Bertz CT molecular complexity index is 966. The number of benzene rings is 2. The average Bonchev–Trinajstić information content (AvgIpc) is 3.09. The number of rotatable bonds is 7. The van der Waals surface area contributed by atoms with E-state index >= 15 is 0 Å². The van der Waals surface area contributed by atoms with Crippen molar-refractivity contribution in [1.82, 2.24) is 0 Å². The maximum atomic E-state index is 12.8. The minimum Gasteiger partial charge on any atom is -0.464 e. The Kier molecular flexibility index (Phi) is 8.02. The number of para-hydroxylation sites is 1. The molecule has 1 aliphatic rings. The fourth-order valence-corrected chi connectivity index (χ4v) is 4.18. The van der Waals surface area contributed by atoms with Crippen LogP contribution in [0.15, 0.2) is 54.1 Å². The minimum atomic E-state index is -0.668. The van der Waals surface area contributed by atoms with Gasteiger partial charge in [-0.25, -0.2) is 4.79 Å². The maximum Gasteiger partial charge on any atom is 0.328 e. The normalized spacial score (nSPS) is 16.1. The van der Waals surface area contributed by atoms with E-state index in [1.165, 1.54) is 0 Å². The van der Waals surface area contributed by atoms with E-state index in [1.807, 2.05) is 36.4 Å². The molecule has 3 rings (SSSR count). The number of nitrogens with zero attached hydrogens (tertiary/aromatic N) is 1. The first-order chi connectivity index (χ1) is 14.4. The van der Waals surface area contributed by atoms with Gasteiger partial charge in [0.15, 0.2) is 0 Å². The van der Waals surface area contributed by atoms with Gasteiger partial charge in [-0.2, -0.15) is 0 Å². The van der Waals surface area contributed by atoms with E-state index < -0.39 is 12.0 Å². The van der Waals surface area contributed by atoms with Gasteiger partial charge in [-0.3, -0.25) is 4.79 Å². The van der Waals surface area contributed by atoms with Crippen LogP contribution in [0.2, 0.25) is 10.0 Å². The molecule has 1 N–H and O–H groups in total. The second-order valence-corrected chi connectivity index (χ2v) is 8.63. The number of anilines is 2.